The van der Waals surface area contributed by atoms with Crippen LogP contribution >= 0.6 is 0 Å². The molecule has 0 spiro atoms. The van der Waals surface area contributed by atoms with E-state index in [1.807, 2.05) is 0 Å². The number of aliphatic hydroxyl groups is 2. The maximum atomic E-state index is 9.35. The van der Waals surface area contributed by atoms with Crippen LogP contribution in [0.25, 0.3) is 0 Å². The number of hydrogen-bond donors (Lipinski definition) is 3. The Kier molecular flexibility index (Phi) is 3.73. The molecule has 0 aliphatic rings. The minimum atomic E-state index is -0.935. The lowest BCUT2D eigenvalue weighted by Gasteiger charge is -2.11. The van der Waals surface area contributed by atoms with Crippen LogP contribution in [-0.2, 0) is 0 Å². The number of phenols is 1. The summed E-state index contributed by atoms with van der Waals surface area (Å²) in [5.74, 6) is 0.346. The summed E-state index contributed by atoms with van der Waals surface area (Å²) in [6, 6.07) is 4.48. The summed E-state index contributed by atoms with van der Waals surface area (Å²) in [5, 5.41) is 27.4. The Labute approximate surface area is 82.4 Å². The molecule has 78 valence electrons. The van der Waals surface area contributed by atoms with Crippen LogP contribution in [0.3, 0.4) is 0 Å². The molecule has 0 saturated heterocycles. The minimum absolute atomic E-state index is 0.0285. The lowest BCUT2D eigenvalue weighted by molar-refractivity contribution is 0.0953. The molecule has 0 bridgehead atoms. The second kappa shape index (κ2) is 4.83. The van der Waals surface area contributed by atoms with Gasteiger partial charge in [-0.15, -0.1) is 0 Å². The smallest absolute Gasteiger partial charge is 0.161 e. The van der Waals surface area contributed by atoms with Gasteiger partial charge in [0.2, 0.25) is 0 Å². The standard InChI is InChI=1S/C10H14O4/c1-2-14-10-5-7(9(13)6-11)3-4-8(10)12/h3-5,9,11-13H,2,6H2,1H3. The molecule has 1 aromatic carbocycles. The molecule has 4 heteroatoms. The van der Waals surface area contributed by atoms with E-state index in [1.165, 1.54) is 12.1 Å². The number of aromatic hydroxyl groups is 1. The zero-order valence-electron chi connectivity index (χ0n) is 7.97. The molecule has 0 amide bonds. The van der Waals surface area contributed by atoms with Gasteiger partial charge in [0.1, 0.15) is 6.10 Å². The number of aliphatic hydroxyl groups excluding tert-OH is 2. The molecule has 0 aliphatic heterocycles. The predicted molar refractivity (Wildman–Crippen MR) is 51.3 cm³/mol. The van der Waals surface area contributed by atoms with Crippen molar-refractivity contribution in [2.75, 3.05) is 13.2 Å². The van der Waals surface area contributed by atoms with Gasteiger partial charge in [-0.3, -0.25) is 0 Å². The van der Waals surface area contributed by atoms with E-state index in [2.05, 4.69) is 0 Å². The average Bonchev–Trinajstić information content (AvgIpc) is 2.20. The van der Waals surface area contributed by atoms with E-state index in [9.17, 15) is 10.2 Å². The Bertz CT molecular complexity index is 298. The van der Waals surface area contributed by atoms with Crippen LogP contribution in [0.5, 0.6) is 11.5 Å². The van der Waals surface area contributed by atoms with E-state index in [0.29, 0.717) is 17.9 Å². The third kappa shape index (κ3) is 2.37. The fourth-order valence-electron chi connectivity index (χ4n) is 1.11. The van der Waals surface area contributed by atoms with Gasteiger partial charge in [0.05, 0.1) is 13.2 Å². The molecule has 1 aromatic rings. The Morgan fingerprint density at radius 2 is 2.14 bits per heavy atom. The highest BCUT2D eigenvalue weighted by atomic mass is 16.5. The summed E-state index contributed by atoms with van der Waals surface area (Å²) in [6.07, 6.45) is -0.935. The Morgan fingerprint density at radius 1 is 1.43 bits per heavy atom. The van der Waals surface area contributed by atoms with E-state index in [-0.39, 0.29) is 12.4 Å². The van der Waals surface area contributed by atoms with Gasteiger partial charge in [0.25, 0.3) is 0 Å². The molecule has 1 rings (SSSR count). The summed E-state index contributed by atoms with van der Waals surface area (Å²) in [7, 11) is 0. The monoisotopic (exact) mass is 198 g/mol. The molecule has 0 fully saturated rings. The van der Waals surface area contributed by atoms with Gasteiger partial charge in [-0.1, -0.05) is 6.07 Å². The minimum Gasteiger partial charge on any atom is -0.504 e. The molecule has 4 nitrogen and oxygen atoms in total. The van der Waals surface area contributed by atoms with Crippen LogP contribution in [-0.4, -0.2) is 28.5 Å². The molecule has 0 aliphatic carbocycles. The topological polar surface area (TPSA) is 69.9 Å². The van der Waals surface area contributed by atoms with Gasteiger partial charge in [0.15, 0.2) is 11.5 Å². The first-order valence-electron chi connectivity index (χ1n) is 4.43. The molecule has 0 heterocycles. The second-order valence-electron chi connectivity index (χ2n) is 2.86. The van der Waals surface area contributed by atoms with Crippen LogP contribution in [0, 0.1) is 0 Å². The molecule has 1 unspecified atom stereocenters. The molecule has 0 radical (unpaired) electrons. The Hall–Kier alpha value is -1.26. The zero-order valence-corrected chi connectivity index (χ0v) is 7.97. The van der Waals surface area contributed by atoms with E-state index in [0.717, 1.165) is 0 Å². The predicted octanol–water partition coefficient (Wildman–Crippen LogP) is 0.817. The number of rotatable bonds is 4. The highest BCUT2D eigenvalue weighted by molar-refractivity contribution is 5.42. The molecular formula is C10H14O4. The number of phenolic OH excluding ortho intramolecular Hbond substituents is 1. The fourth-order valence-corrected chi connectivity index (χ4v) is 1.11. The van der Waals surface area contributed by atoms with Crippen LogP contribution in [0.15, 0.2) is 18.2 Å². The van der Waals surface area contributed by atoms with Crippen molar-refractivity contribution in [2.45, 2.75) is 13.0 Å². The Balaban J connectivity index is 2.93. The summed E-state index contributed by atoms with van der Waals surface area (Å²) in [5.41, 5.74) is 0.522. The van der Waals surface area contributed by atoms with Crippen LogP contribution in [0.2, 0.25) is 0 Å². The first-order chi connectivity index (χ1) is 6.69. The van der Waals surface area contributed by atoms with Crippen LogP contribution < -0.4 is 4.74 Å². The van der Waals surface area contributed by atoms with Crippen molar-refractivity contribution in [3.8, 4) is 11.5 Å². The van der Waals surface area contributed by atoms with Gasteiger partial charge >= 0.3 is 0 Å². The van der Waals surface area contributed by atoms with Gasteiger partial charge in [-0.2, -0.15) is 0 Å². The van der Waals surface area contributed by atoms with Crippen molar-refractivity contribution in [1.29, 1.82) is 0 Å². The lowest BCUT2D eigenvalue weighted by atomic mass is 10.1. The van der Waals surface area contributed by atoms with E-state index in [4.69, 9.17) is 9.84 Å². The first kappa shape index (κ1) is 10.8. The Morgan fingerprint density at radius 3 is 2.71 bits per heavy atom. The molecule has 0 aromatic heterocycles. The van der Waals surface area contributed by atoms with E-state index < -0.39 is 6.10 Å². The average molecular weight is 198 g/mol. The lowest BCUT2D eigenvalue weighted by Crippen LogP contribution is -2.03. The summed E-state index contributed by atoms with van der Waals surface area (Å²) in [4.78, 5) is 0. The van der Waals surface area contributed by atoms with Crippen LogP contribution in [0.4, 0.5) is 0 Å². The van der Waals surface area contributed by atoms with Crippen molar-refractivity contribution in [3.63, 3.8) is 0 Å². The van der Waals surface area contributed by atoms with Gasteiger partial charge in [-0.25, -0.2) is 0 Å². The van der Waals surface area contributed by atoms with E-state index in [1.54, 1.807) is 13.0 Å². The van der Waals surface area contributed by atoms with Crippen molar-refractivity contribution in [3.05, 3.63) is 23.8 Å². The van der Waals surface area contributed by atoms with Gasteiger partial charge < -0.3 is 20.1 Å². The normalized spacial score (nSPS) is 12.5. The largest absolute Gasteiger partial charge is 0.504 e. The first-order valence-corrected chi connectivity index (χ1v) is 4.43. The molecule has 3 N–H and O–H groups in total. The maximum absolute atomic E-state index is 9.35. The molecule has 0 saturated carbocycles. The summed E-state index contributed by atoms with van der Waals surface area (Å²) in [6.45, 7) is 1.89. The zero-order chi connectivity index (χ0) is 10.6. The molecule has 1 atom stereocenters. The van der Waals surface area contributed by atoms with Crippen molar-refractivity contribution in [1.82, 2.24) is 0 Å². The van der Waals surface area contributed by atoms with Gasteiger partial charge in [-0.05, 0) is 24.6 Å². The van der Waals surface area contributed by atoms with Gasteiger partial charge in [0, 0.05) is 0 Å². The van der Waals surface area contributed by atoms with Crippen molar-refractivity contribution >= 4 is 0 Å². The van der Waals surface area contributed by atoms with Crippen molar-refractivity contribution < 1.29 is 20.1 Å². The number of ether oxygens (including phenoxy) is 1. The fraction of sp³-hybridized carbons (Fsp3) is 0.400. The second-order valence-corrected chi connectivity index (χ2v) is 2.86. The highest BCUT2D eigenvalue weighted by Gasteiger charge is 2.09. The van der Waals surface area contributed by atoms with Crippen molar-refractivity contribution in [2.24, 2.45) is 0 Å². The maximum Gasteiger partial charge on any atom is 0.161 e. The number of benzene rings is 1. The summed E-state index contributed by atoms with van der Waals surface area (Å²) < 4.78 is 5.13. The van der Waals surface area contributed by atoms with Crippen LogP contribution in [0.1, 0.15) is 18.6 Å². The number of hydrogen-bond acceptors (Lipinski definition) is 4. The SMILES string of the molecule is CCOc1cc(C(O)CO)ccc1O. The molecular weight excluding hydrogens is 184 g/mol. The quantitative estimate of drug-likeness (QED) is 0.669. The van der Waals surface area contributed by atoms with E-state index >= 15 is 0 Å². The third-order valence-electron chi connectivity index (χ3n) is 1.84. The highest BCUT2D eigenvalue weighted by Crippen LogP contribution is 2.29. The molecule has 14 heavy (non-hydrogen) atoms. The summed E-state index contributed by atoms with van der Waals surface area (Å²) >= 11 is 0. The third-order valence-corrected chi connectivity index (χ3v) is 1.84.